The molecule has 2 rings (SSSR count). The second-order valence-electron chi connectivity index (χ2n) is 6.72. The number of benzene rings is 1. The van der Waals surface area contributed by atoms with Gasteiger partial charge < -0.3 is 15.2 Å². The highest BCUT2D eigenvalue weighted by Crippen LogP contribution is 2.09. The van der Waals surface area contributed by atoms with Crippen LogP contribution in [0, 0.1) is 6.92 Å². The van der Waals surface area contributed by atoms with Crippen LogP contribution in [0.25, 0.3) is 0 Å². The van der Waals surface area contributed by atoms with Crippen molar-refractivity contribution in [3.8, 4) is 0 Å². The minimum Gasteiger partial charge on any atom is -0.352 e. The summed E-state index contributed by atoms with van der Waals surface area (Å²) in [5, 5.41) is 6.72. The van der Waals surface area contributed by atoms with Crippen molar-refractivity contribution in [2.75, 3.05) is 7.05 Å². The summed E-state index contributed by atoms with van der Waals surface area (Å²) < 4.78 is 2.15. The number of aliphatic imine (C=N–C) groups is 1. The first-order valence-electron chi connectivity index (χ1n) is 7.92. The molecule has 124 valence electrons. The van der Waals surface area contributed by atoms with Gasteiger partial charge in [-0.05, 0) is 38.8 Å². The maximum atomic E-state index is 4.27. The number of aryl methyl sites for hydroxylation is 1. The molecule has 1 aromatic carbocycles. The van der Waals surface area contributed by atoms with Gasteiger partial charge in [0.25, 0.3) is 0 Å². The van der Waals surface area contributed by atoms with Crippen LogP contribution in [0.2, 0.25) is 0 Å². The SMILES string of the molecule is CN=C(NCc1cccc(Cn2ccnc2C)c1)NC(C)(C)C. The van der Waals surface area contributed by atoms with Gasteiger partial charge in [-0.3, -0.25) is 4.99 Å². The highest BCUT2D eigenvalue weighted by Gasteiger charge is 2.11. The number of imidazole rings is 1. The van der Waals surface area contributed by atoms with Crippen molar-refractivity contribution < 1.29 is 0 Å². The van der Waals surface area contributed by atoms with Crippen molar-refractivity contribution in [1.29, 1.82) is 0 Å². The van der Waals surface area contributed by atoms with E-state index in [0.717, 1.165) is 24.9 Å². The average molecular weight is 313 g/mol. The molecule has 0 aliphatic carbocycles. The van der Waals surface area contributed by atoms with E-state index in [0.29, 0.717) is 0 Å². The summed E-state index contributed by atoms with van der Waals surface area (Å²) in [6.07, 6.45) is 3.85. The van der Waals surface area contributed by atoms with E-state index < -0.39 is 0 Å². The van der Waals surface area contributed by atoms with Crippen LogP contribution in [0.1, 0.15) is 37.7 Å². The lowest BCUT2D eigenvalue weighted by Gasteiger charge is -2.23. The van der Waals surface area contributed by atoms with Crippen LogP contribution in [0.3, 0.4) is 0 Å². The molecule has 5 heteroatoms. The smallest absolute Gasteiger partial charge is 0.191 e. The third-order valence-electron chi connectivity index (χ3n) is 3.44. The number of hydrogen-bond acceptors (Lipinski definition) is 2. The molecule has 0 amide bonds. The van der Waals surface area contributed by atoms with Gasteiger partial charge in [0, 0.05) is 38.1 Å². The number of nitrogens with one attached hydrogen (secondary N) is 2. The second kappa shape index (κ2) is 7.31. The van der Waals surface area contributed by atoms with E-state index in [9.17, 15) is 0 Å². The Morgan fingerprint density at radius 2 is 2.00 bits per heavy atom. The van der Waals surface area contributed by atoms with Crippen molar-refractivity contribution in [2.45, 2.75) is 46.3 Å². The summed E-state index contributed by atoms with van der Waals surface area (Å²) in [5.74, 6) is 1.84. The first kappa shape index (κ1) is 17.1. The Bertz CT molecular complexity index is 664. The van der Waals surface area contributed by atoms with Gasteiger partial charge in [0.1, 0.15) is 5.82 Å². The fraction of sp³-hybridized carbons (Fsp3) is 0.444. The normalized spacial score (nSPS) is 12.3. The summed E-state index contributed by atoms with van der Waals surface area (Å²) in [5.41, 5.74) is 2.49. The minimum atomic E-state index is -0.0113. The van der Waals surface area contributed by atoms with Gasteiger partial charge >= 0.3 is 0 Å². The van der Waals surface area contributed by atoms with Crippen LogP contribution in [-0.2, 0) is 13.1 Å². The molecule has 0 atom stereocenters. The van der Waals surface area contributed by atoms with Gasteiger partial charge in [-0.1, -0.05) is 24.3 Å². The third kappa shape index (κ3) is 5.43. The zero-order valence-electron chi connectivity index (χ0n) is 14.7. The van der Waals surface area contributed by atoms with Gasteiger partial charge in [-0.15, -0.1) is 0 Å². The van der Waals surface area contributed by atoms with Gasteiger partial charge in [0.2, 0.25) is 0 Å². The van der Waals surface area contributed by atoms with Crippen LogP contribution >= 0.6 is 0 Å². The predicted octanol–water partition coefficient (Wildman–Crippen LogP) is 2.70. The summed E-state index contributed by atoms with van der Waals surface area (Å²) in [6.45, 7) is 9.96. The van der Waals surface area contributed by atoms with Gasteiger partial charge in [-0.2, -0.15) is 0 Å². The fourth-order valence-corrected chi connectivity index (χ4v) is 2.33. The highest BCUT2D eigenvalue weighted by molar-refractivity contribution is 5.80. The topological polar surface area (TPSA) is 54.2 Å². The number of rotatable bonds is 4. The lowest BCUT2D eigenvalue weighted by atomic mass is 10.1. The monoisotopic (exact) mass is 313 g/mol. The van der Waals surface area contributed by atoms with E-state index in [1.807, 2.05) is 19.3 Å². The van der Waals surface area contributed by atoms with Crippen molar-refractivity contribution in [2.24, 2.45) is 4.99 Å². The van der Waals surface area contributed by atoms with Crippen molar-refractivity contribution >= 4 is 5.96 Å². The highest BCUT2D eigenvalue weighted by atomic mass is 15.2. The Labute approximate surface area is 138 Å². The molecule has 0 aliphatic rings. The molecule has 0 unspecified atom stereocenters. The number of nitrogens with zero attached hydrogens (tertiary/aromatic N) is 3. The van der Waals surface area contributed by atoms with Crippen molar-refractivity contribution in [1.82, 2.24) is 20.2 Å². The second-order valence-corrected chi connectivity index (χ2v) is 6.72. The molecule has 0 bridgehead atoms. The van der Waals surface area contributed by atoms with E-state index >= 15 is 0 Å². The summed E-state index contributed by atoms with van der Waals surface area (Å²) >= 11 is 0. The molecule has 2 N–H and O–H groups in total. The molecule has 0 aliphatic heterocycles. The van der Waals surface area contributed by atoms with Gasteiger partial charge in [0.05, 0.1) is 0 Å². The first-order valence-corrected chi connectivity index (χ1v) is 7.92. The van der Waals surface area contributed by atoms with Crippen molar-refractivity contribution in [3.63, 3.8) is 0 Å². The molecule has 23 heavy (non-hydrogen) atoms. The molecule has 5 nitrogen and oxygen atoms in total. The van der Waals surface area contributed by atoms with Gasteiger partial charge in [0.15, 0.2) is 5.96 Å². The molecule has 0 spiro atoms. The zero-order chi connectivity index (χ0) is 16.9. The Morgan fingerprint density at radius 1 is 1.26 bits per heavy atom. The van der Waals surface area contributed by atoms with Crippen LogP contribution in [0.5, 0.6) is 0 Å². The molecular weight excluding hydrogens is 286 g/mol. The van der Waals surface area contributed by atoms with Crippen LogP contribution in [-0.4, -0.2) is 28.1 Å². The lowest BCUT2D eigenvalue weighted by Crippen LogP contribution is -2.47. The maximum absolute atomic E-state index is 4.27. The molecule has 0 fully saturated rings. The molecule has 1 aromatic heterocycles. The molecule has 2 aromatic rings. The summed E-state index contributed by atoms with van der Waals surface area (Å²) in [6, 6.07) is 8.59. The quantitative estimate of drug-likeness (QED) is 0.674. The first-order chi connectivity index (χ1) is 10.9. The molecule has 0 saturated heterocycles. The zero-order valence-corrected chi connectivity index (χ0v) is 14.7. The third-order valence-corrected chi connectivity index (χ3v) is 3.44. The van der Waals surface area contributed by atoms with Gasteiger partial charge in [-0.25, -0.2) is 4.98 Å². The van der Waals surface area contributed by atoms with E-state index in [1.165, 1.54) is 11.1 Å². The summed E-state index contributed by atoms with van der Waals surface area (Å²) in [4.78, 5) is 8.53. The van der Waals surface area contributed by atoms with Crippen molar-refractivity contribution in [3.05, 3.63) is 53.6 Å². The van der Waals surface area contributed by atoms with Crippen LogP contribution in [0.15, 0.2) is 41.7 Å². The Hall–Kier alpha value is -2.30. The molecule has 1 heterocycles. The number of aromatic nitrogens is 2. The van der Waals surface area contributed by atoms with E-state index in [2.05, 4.69) is 70.2 Å². The summed E-state index contributed by atoms with van der Waals surface area (Å²) in [7, 11) is 1.79. The molecule has 0 saturated carbocycles. The lowest BCUT2D eigenvalue weighted by molar-refractivity contribution is 0.501. The average Bonchev–Trinajstić information content (AvgIpc) is 2.88. The van der Waals surface area contributed by atoms with Crippen LogP contribution < -0.4 is 10.6 Å². The Balaban J connectivity index is 1.99. The van der Waals surface area contributed by atoms with E-state index in [1.54, 1.807) is 7.05 Å². The number of guanidine groups is 1. The largest absolute Gasteiger partial charge is 0.352 e. The standard InChI is InChI=1S/C18H27N5/c1-14-20-9-10-23(14)13-16-8-6-7-15(11-16)12-21-17(19-5)22-18(2,3)4/h6-11H,12-13H2,1-5H3,(H2,19,21,22). The number of hydrogen-bond donors (Lipinski definition) is 2. The fourth-order valence-electron chi connectivity index (χ4n) is 2.33. The Kier molecular flexibility index (Phi) is 5.42. The minimum absolute atomic E-state index is 0.0113. The molecule has 0 radical (unpaired) electrons. The molecular formula is C18H27N5. The predicted molar refractivity (Wildman–Crippen MR) is 95.6 cm³/mol. The van der Waals surface area contributed by atoms with Crippen LogP contribution in [0.4, 0.5) is 0 Å². The van der Waals surface area contributed by atoms with E-state index in [-0.39, 0.29) is 5.54 Å². The maximum Gasteiger partial charge on any atom is 0.191 e. The Morgan fingerprint density at radius 3 is 2.61 bits per heavy atom. The van der Waals surface area contributed by atoms with E-state index in [4.69, 9.17) is 0 Å².